The number of amides is 3. The van der Waals surface area contributed by atoms with E-state index in [0.29, 0.717) is 39.3 Å². The Morgan fingerprint density at radius 1 is 1.29 bits per heavy atom. The van der Waals surface area contributed by atoms with Crippen LogP contribution in [0.1, 0.15) is 23.3 Å². The molecule has 3 rings (SSSR count). The Hall–Kier alpha value is -2.57. The highest BCUT2D eigenvalue weighted by Gasteiger charge is 2.36. The summed E-state index contributed by atoms with van der Waals surface area (Å²) in [6, 6.07) is -1.13. The van der Waals surface area contributed by atoms with Crippen LogP contribution in [-0.2, 0) is 19.0 Å². The predicted molar refractivity (Wildman–Crippen MR) is 95.8 cm³/mol. The van der Waals surface area contributed by atoms with Gasteiger partial charge in [0.25, 0.3) is 5.91 Å². The maximum absolute atomic E-state index is 12.7. The molecule has 0 radical (unpaired) electrons. The van der Waals surface area contributed by atoms with Crippen molar-refractivity contribution < 1.29 is 28.8 Å². The summed E-state index contributed by atoms with van der Waals surface area (Å²) in [6.45, 7) is 2.04. The SMILES string of the molecule is O=C(NC(CC(=O)N1CCOCC1)C(=O)N[C@H]1CCOB1O)c1cnccn1. The van der Waals surface area contributed by atoms with Crippen LogP contribution >= 0.6 is 0 Å². The van der Waals surface area contributed by atoms with Gasteiger partial charge in [0.05, 0.1) is 31.8 Å². The summed E-state index contributed by atoms with van der Waals surface area (Å²) in [5.41, 5.74) is 0.0309. The molecule has 3 heterocycles. The van der Waals surface area contributed by atoms with Crippen LogP contribution in [0.5, 0.6) is 0 Å². The summed E-state index contributed by atoms with van der Waals surface area (Å²) in [4.78, 5) is 47.0. The van der Waals surface area contributed by atoms with E-state index in [0.717, 1.165) is 0 Å². The maximum Gasteiger partial charge on any atom is 0.478 e. The second-order valence-corrected chi connectivity index (χ2v) is 6.48. The molecule has 2 aliphatic rings. The van der Waals surface area contributed by atoms with Gasteiger partial charge in [0.1, 0.15) is 11.7 Å². The van der Waals surface area contributed by atoms with Gasteiger partial charge in [-0.25, -0.2) is 4.98 Å². The van der Waals surface area contributed by atoms with Crippen molar-refractivity contribution in [2.45, 2.75) is 24.8 Å². The molecule has 11 nitrogen and oxygen atoms in total. The average molecular weight is 391 g/mol. The highest BCUT2D eigenvalue weighted by atomic mass is 16.5. The van der Waals surface area contributed by atoms with E-state index in [4.69, 9.17) is 9.39 Å². The second-order valence-electron chi connectivity index (χ2n) is 6.48. The minimum absolute atomic E-state index is 0.0309. The number of hydrogen-bond acceptors (Lipinski definition) is 8. The van der Waals surface area contributed by atoms with Gasteiger partial charge >= 0.3 is 7.12 Å². The van der Waals surface area contributed by atoms with Crippen molar-refractivity contribution in [3.8, 4) is 0 Å². The molecule has 2 saturated heterocycles. The molecule has 3 N–H and O–H groups in total. The van der Waals surface area contributed by atoms with Crippen molar-refractivity contribution in [3.63, 3.8) is 0 Å². The Kier molecular flexibility index (Phi) is 6.90. The van der Waals surface area contributed by atoms with Gasteiger partial charge in [-0.1, -0.05) is 0 Å². The molecule has 0 spiro atoms. The van der Waals surface area contributed by atoms with Crippen molar-refractivity contribution in [2.75, 3.05) is 32.9 Å². The molecule has 1 aromatic rings. The third kappa shape index (κ3) is 5.24. The number of nitrogens with zero attached hydrogens (tertiary/aromatic N) is 3. The Balaban J connectivity index is 1.67. The van der Waals surface area contributed by atoms with Crippen molar-refractivity contribution >= 4 is 24.8 Å². The number of rotatable bonds is 6. The molecule has 0 bridgehead atoms. The molecule has 12 heteroatoms. The molecule has 0 saturated carbocycles. The highest BCUT2D eigenvalue weighted by Crippen LogP contribution is 2.09. The van der Waals surface area contributed by atoms with E-state index < -0.39 is 30.9 Å². The summed E-state index contributed by atoms with van der Waals surface area (Å²) in [5.74, 6) is -2.06. The first-order valence-corrected chi connectivity index (χ1v) is 9.07. The van der Waals surface area contributed by atoms with Gasteiger partial charge in [0.15, 0.2) is 0 Å². The number of ether oxygens (including phenoxy) is 1. The molecule has 0 aromatic carbocycles. The molecule has 2 fully saturated rings. The molecule has 1 unspecified atom stereocenters. The van der Waals surface area contributed by atoms with Gasteiger partial charge in [-0.15, -0.1) is 0 Å². The Labute approximate surface area is 161 Å². The smallest absolute Gasteiger partial charge is 0.426 e. The fourth-order valence-electron chi connectivity index (χ4n) is 2.98. The number of nitrogens with one attached hydrogen (secondary N) is 2. The van der Waals surface area contributed by atoms with E-state index >= 15 is 0 Å². The Bertz CT molecular complexity index is 702. The minimum atomic E-state index is -1.13. The van der Waals surface area contributed by atoms with Crippen LogP contribution in [0.2, 0.25) is 0 Å². The molecule has 3 amide bonds. The summed E-state index contributed by atoms with van der Waals surface area (Å²) < 4.78 is 10.2. The number of hydrogen-bond donors (Lipinski definition) is 3. The molecule has 28 heavy (non-hydrogen) atoms. The molecular formula is C16H22BN5O6. The molecule has 1 aromatic heterocycles. The number of carbonyl (C=O) groups excluding carboxylic acids is 3. The first-order valence-electron chi connectivity index (χ1n) is 9.07. The fraction of sp³-hybridized carbons (Fsp3) is 0.562. The lowest BCUT2D eigenvalue weighted by molar-refractivity contribution is -0.138. The van der Waals surface area contributed by atoms with Gasteiger partial charge in [-0.2, -0.15) is 0 Å². The number of aromatic nitrogens is 2. The summed E-state index contributed by atoms with van der Waals surface area (Å²) in [7, 11) is -1.12. The first-order chi connectivity index (χ1) is 13.5. The van der Waals surface area contributed by atoms with E-state index in [1.54, 1.807) is 4.90 Å². The normalized spacial score (nSPS) is 20.5. The van der Waals surface area contributed by atoms with E-state index in [9.17, 15) is 19.4 Å². The Morgan fingerprint density at radius 3 is 2.71 bits per heavy atom. The van der Waals surface area contributed by atoms with Gasteiger partial charge < -0.3 is 29.9 Å². The minimum Gasteiger partial charge on any atom is -0.426 e. The van der Waals surface area contributed by atoms with Crippen LogP contribution in [0, 0.1) is 0 Å². The summed E-state index contributed by atoms with van der Waals surface area (Å²) in [5, 5.41) is 14.9. The lowest BCUT2D eigenvalue weighted by atomic mass is 9.80. The van der Waals surface area contributed by atoms with Gasteiger partial charge in [-0.05, 0) is 6.42 Å². The lowest BCUT2D eigenvalue weighted by Gasteiger charge is -2.28. The maximum atomic E-state index is 12.7. The lowest BCUT2D eigenvalue weighted by Crippen LogP contribution is -2.54. The van der Waals surface area contributed by atoms with Crippen LogP contribution in [0.3, 0.4) is 0 Å². The predicted octanol–water partition coefficient (Wildman–Crippen LogP) is -2.25. The van der Waals surface area contributed by atoms with Gasteiger partial charge in [-0.3, -0.25) is 19.4 Å². The number of morpholine rings is 1. The average Bonchev–Trinajstić information content (AvgIpc) is 3.13. The Morgan fingerprint density at radius 2 is 2.07 bits per heavy atom. The van der Waals surface area contributed by atoms with E-state index in [1.807, 2.05) is 0 Å². The zero-order valence-corrected chi connectivity index (χ0v) is 15.2. The molecular weight excluding hydrogens is 369 g/mol. The van der Waals surface area contributed by atoms with Crippen LogP contribution in [0.25, 0.3) is 0 Å². The van der Waals surface area contributed by atoms with E-state index in [-0.39, 0.29) is 18.0 Å². The second kappa shape index (κ2) is 9.58. The fourth-order valence-corrected chi connectivity index (χ4v) is 2.98. The van der Waals surface area contributed by atoms with Crippen LogP contribution in [-0.4, -0.2) is 89.6 Å². The van der Waals surface area contributed by atoms with Crippen molar-refractivity contribution in [1.29, 1.82) is 0 Å². The van der Waals surface area contributed by atoms with Gasteiger partial charge in [0, 0.05) is 32.1 Å². The molecule has 2 atom stereocenters. The highest BCUT2D eigenvalue weighted by molar-refractivity contribution is 6.46. The van der Waals surface area contributed by atoms with Crippen molar-refractivity contribution in [3.05, 3.63) is 24.3 Å². The van der Waals surface area contributed by atoms with Gasteiger partial charge in [0.2, 0.25) is 11.8 Å². The largest absolute Gasteiger partial charge is 0.478 e. The van der Waals surface area contributed by atoms with Crippen molar-refractivity contribution in [2.24, 2.45) is 0 Å². The summed E-state index contributed by atoms with van der Waals surface area (Å²) in [6.07, 6.45) is 4.26. The molecule has 0 aliphatic carbocycles. The number of carbonyl (C=O) groups is 3. The topological polar surface area (TPSA) is 143 Å². The molecule has 2 aliphatic heterocycles. The van der Waals surface area contributed by atoms with Crippen LogP contribution in [0.15, 0.2) is 18.6 Å². The van der Waals surface area contributed by atoms with E-state index in [2.05, 4.69) is 20.6 Å². The summed E-state index contributed by atoms with van der Waals surface area (Å²) >= 11 is 0. The zero-order valence-electron chi connectivity index (χ0n) is 15.2. The standard InChI is InChI=1S/C16H22BN5O6/c23-14(22-4-7-27-8-5-22)9-11(15(24)21-13-1-6-28-17(13)26)20-16(25)12-10-18-2-3-19-12/h2-3,10-11,13,26H,1,4-9H2,(H,20,25)(H,21,24)/t11?,13-/m0/s1. The monoisotopic (exact) mass is 391 g/mol. The third-order valence-electron chi connectivity index (χ3n) is 4.55. The zero-order chi connectivity index (χ0) is 19.9. The van der Waals surface area contributed by atoms with Crippen LogP contribution in [0.4, 0.5) is 0 Å². The van der Waals surface area contributed by atoms with E-state index in [1.165, 1.54) is 18.6 Å². The quantitative estimate of drug-likeness (QED) is 0.462. The molecule has 150 valence electrons. The third-order valence-corrected chi connectivity index (χ3v) is 4.55. The van der Waals surface area contributed by atoms with Crippen molar-refractivity contribution in [1.82, 2.24) is 25.5 Å². The first kappa shape index (κ1) is 20.2. The van der Waals surface area contributed by atoms with Crippen LogP contribution < -0.4 is 10.6 Å².